The van der Waals surface area contributed by atoms with Gasteiger partial charge in [0.05, 0.1) is 11.9 Å². The van der Waals surface area contributed by atoms with Crippen LogP contribution in [0.1, 0.15) is 17.3 Å². The molecular formula is C22H25ClFN7O3S. The second kappa shape index (κ2) is 10.4. The van der Waals surface area contributed by atoms with E-state index in [2.05, 4.69) is 25.7 Å². The summed E-state index contributed by atoms with van der Waals surface area (Å²) >= 11 is 5.89. The molecule has 186 valence electrons. The molecule has 0 bridgehead atoms. The van der Waals surface area contributed by atoms with Gasteiger partial charge in [-0.3, -0.25) is 9.69 Å². The van der Waals surface area contributed by atoms with Gasteiger partial charge in [0.15, 0.2) is 0 Å². The van der Waals surface area contributed by atoms with E-state index in [4.69, 9.17) is 11.6 Å². The third kappa shape index (κ3) is 6.20. The van der Waals surface area contributed by atoms with E-state index in [0.29, 0.717) is 49.5 Å². The minimum absolute atomic E-state index is 0.209. The lowest BCUT2D eigenvalue weighted by Crippen LogP contribution is -2.51. The molecule has 1 atom stereocenters. The van der Waals surface area contributed by atoms with Crippen molar-refractivity contribution in [3.8, 4) is 16.8 Å². The minimum Gasteiger partial charge on any atom is -0.348 e. The highest BCUT2D eigenvalue weighted by Gasteiger charge is 2.24. The first kappa shape index (κ1) is 25.2. The predicted octanol–water partition coefficient (Wildman–Crippen LogP) is 1.82. The van der Waals surface area contributed by atoms with E-state index in [1.165, 1.54) is 27.6 Å². The maximum absolute atomic E-state index is 14.6. The molecular weight excluding hydrogens is 497 g/mol. The summed E-state index contributed by atoms with van der Waals surface area (Å²) in [7, 11) is -3.20. The number of sulfonamides is 1. The number of carbonyl (C=O) groups excluding carboxylic acids is 1. The highest BCUT2D eigenvalue weighted by Crippen LogP contribution is 2.28. The van der Waals surface area contributed by atoms with Crippen molar-refractivity contribution >= 4 is 27.5 Å². The Kier molecular flexibility index (Phi) is 7.45. The van der Waals surface area contributed by atoms with Crippen LogP contribution >= 0.6 is 11.6 Å². The Labute approximate surface area is 207 Å². The second-order valence-corrected chi connectivity index (χ2v) is 10.9. The van der Waals surface area contributed by atoms with Crippen LogP contribution in [0.4, 0.5) is 4.39 Å². The van der Waals surface area contributed by atoms with Gasteiger partial charge >= 0.3 is 0 Å². The molecule has 1 aromatic heterocycles. The third-order valence-electron chi connectivity index (χ3n) is 5.75. The molecule has 0 spiro atoms. The lowest BCUT2D eigenvalue weighted by atomic mass is 10.0. The molecule has 10 nitrogen and oxygen atoms in total. The van der Waals surface area contributed by atoms with Crippen molar-refractivity contribution < 1.29 is 17.6 Å². The number of amides is 1. The van der Waals surface area contributed by atoms with Gasteiger partial charge in [0.1, 0.15) is 12.1 Å². The van der Waals surface area contributed by atoms with E-state index in [1.54, 1.807) is 30.3 Å². The lowest BCUT2D eigenvalue weighted by molar-refractivity contribution is 0.0922. The van der Waals surface area contributed by atoms with Crippen LogP contribution in [0.15, 0.2) is 42.7 Å². The van der Waals surface area contributed by atoms with Crippen LogP contribution in [0.2, 0.25) is 5.02 Å². The van der Waals surface area contributed by atoms with Crippen LogP contribution in [0.5, 0.6) is 0 Å². The van der Waals surface area contributed by atoms with Crippen molar-refractivity contribution in [1.82, 2.24) is 34.7 Å². The zero-order chi connectivity index (χ0) is 25.2. The Morgan fingerprint density at radius 1 is 1.17 bits per heavy atom. The standard InChI is InChI=1S/C22H25ClFN7O3S/c1-15(13-29-5-7-30(8-6-29)35(2,33)34)26-22(32)17-9-16(20-4-3-18(23)12-21(20)24)10-19(11-17)31-14-25-27-28-31/h3-4,9-12,14-15H,5-8,13H2,1-2H3,(H,26,32)/t15-/m1/s1. The number of piperazine rings is 1. The summed E-state index contributed by atoms with van der Waals surface area (Å²) in [6, 6.07) is 9.05. The number of rotatable bonds is 7. The number of aromatic nitrogens is 4. The maximum Gasteiger partial charge on any atom is 0.251 e. The van der Waals surface area contributed by atoms with Crippen LogP contribution in [-0.2, 0) is 10.0 Å². The molecule has 1 aliphatic rings. The van der Waals surface area contributed by atoms with Crippen molar-refractivity contribution in [3.63, 3.8) is 0 Å². The zero-order valence-electron chi connectivity index (χ0n) is 19.2. The van der Waals surface area contributed by atoms with Crippen molar-refractivity contribution in [2.45, 2.75) is 13.0 Å². The first-order chi connectivity index (χ1) is 16.6. The number of benzene rings is 2. The predicted molar refractivity (Wildman–Crippen MR) is 129 cm³/mol. The molecule has 0 radical (unpaired) electrons. The average molecular weight is 522 g/mol. The topological polar surface area (TPSA) is 113 Å². The van der Waals surface area contributed by atoms with E-state index in [-0.39, 0.29) is 22.5 Å². The largest absolute Gasteiger partial charge is 0.348 e. The molecule has 1 fully saturated rings. The fraction of sp³-hybridized carbons (Fsp3) is 0.364. The Balaban J connectivity index is 1.51. The Morgan fingerprint density at radius 2 is 1.91 bits per heavy atom. The van der Waals surface area contributed by atoms with Gasteiger partial charge < -0.3 is 5.32 Å². The lowest BCUT2D eigenvalue weighted by Gasteiger charge is -2.34. The fourth-order valence-corrected chi connectivity index (χ4v) is 5.00. The van der Waals surface area contributed by atoms with E-state index >= 15 is 0 Å². The summed E-state index contributed by atoms with van der Waals surface area (Å²) in [5.41, 5.74) is 1.57. The van der Waals surface area contributed by atoms with E-state index in [9.17, 15) is 17.6 Å². The van der Waals surface area contributed by atoms with Crippen molar-refractivity contribution in [3.05, 3.63) is 59.1 Å². The molecule has 2 aromatic carbocycles. The van der Waals surface area contributed by atoms with Crippen LogP contribution < -0.4 is 5.32 Å². The summed E-state index contributed by atoms with van der Waals surface area (Å²) in [6.45, 7) is 4.46. The average Bonchev–Trinajstić information content (AvgIpc) is 3.33. The molecule has 0 unspecified atom stereocenters. The van der Waals surface area contributed by atoms with Crippen LogP contribution in [-0.4, -0.2) is 88.8 Å². The molecule has 2 heterocycles. The third-order valence-corrected chi connectivity index (χ3v) is 7.28. The molecule has 3 aromatic rings. The van der Waals surface area contributed by atoms with E-state index < -0.39 is 15.8 Å². The number of nitrogens with one attached hydrogen (secondary N) is 1. The SMILES string of the molecule is C[C@H](CN1CCN(S(C)(=O)=O)CC1)NC(=O)c1cc(-c2ccc(Cl)cc2F)cc(-n2cnnn2)c1. The summed E-state index contributed by atoms with van der Waals surface area (Å²) in [6.07, 6.45) is 2.59. The summed E-state index contributed by atoms with van der Waals surface area (Å²) in [5, 5.41) is 14.4. The molecule has 1 N–H and O–H groups in total. The number of hydrogen-bond donors (Lipinski definition) is 1. The summed E-state index contributed by atoms with van der Waals surface area (Å²) in [5.74, 6) is -0.850. The Bertz CT molecular complexity index is 1310. The van der Waals surface area contributed by atoms with E-state index in [1.807, 2.05) is 6.92 Å². The first-order valence-electron chi connectivity index (χ1n) is 10.9. The molecule has 1 aliphatic heterocycles. The second-order valence-electron chi connectivity index (χ2n) is 8.48. The number of carbonyl (C=O) groups is 1. The van der Waals surface area contributed by atoms with Gasteiger partial charge in [-0.15, -0.1) is 5.10 Å². The molecule has 1 saturated heterocycles. The van der Waals surface area contributed by atoms with Gasteiger partial charge in [0.25, 0.3) is 5.91 Å². The minimum atomic E-state index is -3.20. The van der Waals surface area contributed by atoms with Gasteiger partial charge in [-0.1, -0.05) is 11.6 Å². The molecule has 0 aliphatic carbocycles. The number of hydrogen-bond acceptors (Lipinski definition) is 7. The van der Waals surface area contributed by atoms with Crippen molar-refractivity contribution in [2.75, 3.05) is 39.0 Å². The highest BCUT2D eigenvalue weighted by atomic mass is 35.5. The van der Waals surface area contributed by atoms with Gasteiger partial charge in [-0.25, -0.2) is 17.5 Å². The first-order valence-corrected chi connectivity index (χ1v) is 13.1. The number of tetrazole rings is 1. The van der Waals surface area contributed by atoms with Crippen molar-refractivity contribution in [1.29, 1.82) is 0 Å². The normalized spacial score (nSPS) is 16.2. The Morgan fingerprint density at radius 3 is 2.54 bits per heavy atom. The highest BCUT2D eigenvalue weighted by molar-refractivity contribution is 7.88. The maximum atomic E-state index is 14.6. The molecule has 4 rings (SSSR count). The van der Waals surface area contributed by atoms with Gasteiger partial charge in [-0.2, -0.15) is 4.31 Å². The van der Waals surface area contributed by atoms with Gasteiger partial charge in [0.2, 0.25) is 10.0 Å². The summed E-state index contributed by atoms with van der Waals surface area (Å²) < 4.78 is 40.9. The van der Waals surface area contributed by atoms with Gasteiger partial charge in [-0.05, 0) is 59.3 Å². The molecule has 0 saturated carbocycles. The zero-order valence-corrected chi connectivity index (χ0v) is 20.8. The van der Waals surface area contributed by atoms with Crippen LogP contribution in [0.25, 0.3) is 16.8 Å². The Hall–Kier alpha value is -2.93. The van der Waals surface area contributed by atoms with Crippen LogP contribution in [0.3, 0.4) is 0 Å². The van der Waals surface area contributed by atoms with Gasteiger partial charge in [0, 0.05) is 54.9 Å². The number of halogens is 2. The smallest absolute Gasteiger partial charge is 0.251 e. The van der Waals surface area contributed by atoms with Crippen LogP contribution in [0, 0.1) is 5.82 Å². The molecule has 13 heteroatoms. The van der Waals surface area contributed by atoms with Crippen molar-refractivity contribution in [2.24, 2.45) is 0 Å². The van der Waals surface area contributed by atoms with E-state index in [0.717, 1.165) is 0 Å². The molecule has 1 amide bonds. The number of nitrogens with zero attached hydrogens (tertiary/aromatic N) is 6. The molecule has 35 heavy (non-hydrogen) atoms. The quantitative estimate of drug-likeness (QED) is 0.504. The fourth-order valence-electron chi connectivity index (χ4n) is 4.02. The monoisotopic (exact) mass is 521 g/mol. The summed E-state index contributed by atoms with van der Waals surface area (Å²) in [4.78, 5) is 15.2.